The molecule has 2 fully saturated rings. The molecule has 4 nitrogen and oxygen atoms in total. The fraction of sp³-hybridized carbons (Fsp3) is 0.444. The van der Waals surface area contributed by atoms with Crippen LogP contribution in [-0.2, 0) is 9.53 Å². The second-order valence-electron chi connectivity index (χ2n) is 6.79. The molecule has 112 valence electrons. The Balaban J connectivity index is 1.54. The smallest absolute Gasteiger partial charge is 0.144 e. The van der Waals surface area contributed by atoms with Gasteiger partial charge < -0.3 is 9.30 Å². The van der Waals surface area contributed by atoms with Crippen molar-refractivity contribution in [2.45, 2.75) is 25.3 Å². The average Bonchev–Trinajstić information content (AvgIpc) is 3.14. The van der Waals surface area contributed by atoms with Crippen molar-refractivity contribution in [1.82, 2.24) is 9.55 Å². The molecule has 4 heteroatoms. The van der Waals surface area contributed by atoms with Gasteiger partial charge in [0.25, 0.3) is 0 Å². The third kappa shape index (κ3) is 1.46. The first-order valence-corrected chi connectivity index (χ1v) is 8.03. The molecule has 1 aromatic carbocycles. The number of ether oxygens (including phenoxy) is 1. The molecule has 2 aliphatic heterocycles. The number of ketones is 1. The third-order valence-corrected chi connectivity index (χ3v) is 5.82. The maximum atomic E-state index is 13.0. The standard InChI is InChI=1S/C18H18N2O2/c21-17-14(9-18(17)5-7-22-8-6-18)16-13-4-2-1-3-12(13)15-10-19-11-20(15)16/h1-4,10-11,14,16H,5-9H2. The molecule has 1 aliphatic carbocycles. The van der Waals surface area contributed by atoms with Crippen LogP contribution in [-0.4, -0.2) is 28.5 Å². The summed E-state index contributed by atoms with van der Waals surface area (Å²) in [6, 6.07) is 8.56. The Morgan fingerprint density at radius 2 is 2.05 bits per heavy atom. The van der Waals surface area contributed by atoms with Crippen LogP contribution in [0.2, 0.25) is 0 Å². The molecule has 2 aromatic rings. The van der Waals surface area contributed by atoms with Crippen molar-refractivity contribution in [3.8, 4) is 11.3 Å². The van der Waals surface area contributed by atoms with Gasteiger partial charge in [0.2, 0.25) is 0 Å². The molecule has 5 rings (SSSR count). The number of hydrogen-bond acceptors (Lipinski definition) is 3. The number of carbonyl (C=O) groups excluding carboxylic acids is 1. The summed E-state index contributed by atoms with van der Waals surface area (Å²) in [5, 5.41) is 0. The van der Waals surface area contributed by atoms with Gasteiger partial charge in [-0.25, -0.2) is 4.98 Å². The lowest BCUT2D eigenvalue weighted by Crippen LogP contribution is -2.54. The summed E-state index contributed by atoms with van der Waals surface area (Å²) in [5.41, 5.74) is 3.55. The molecule has 0 N–H and O–H groups in total. The second-order valence-corrected chi connectivity index (χ2v) is 6.79. The van der Waals surface area contributed by atoms with Crippen molar-refractivity contribution in [2.24, 2.45) is 11.3 Å². The summed E-state index contributed by atoms with van der Waals surface area (Å²) in [7, 11) is 0. The Kier molecular flexibility index (Phi) is 2.46. The van der Waals surface area contributed by atoms with Crippen LogP contribution in [0, 0.1) is 11.3 Å². The first kappa shape index (κ1) is 12.6. The average molecular weight is 294 g/mol. The van der Waals surface area contributed by atoms with Gasteiger partial charge in [0.05, 0.1) is 24.3 Å². The van der Waals surface area contributed by atoms with Gasteiger partial charge in [0, 0.05) is 30.1 Å². The van der Waals surface area contributed by atoms with Crippen LogP contribution in [0.5, 0.6) is 0 Å². The lowest BCUT2D eigenvalue weighted by molar-refractivity contribution is -0.157. The van der Waals surface area contributed by atoms with E-state index in [0.717, 1.165) is 38.2 Å². The van der Waals surface area contributed by atoms with Crippen LogP contribution >= 0.6 is 0 Å². The predicted octanol–water partition coefficient (Wildman–Crippen LogP) is 2.84. The van der Waals surface area contributed by atoms with Crippen LogP contribution in [0.1, 0.15) is 30.9 Å². The van der Waals surface area contributed by atoms with E-state index >= 15 is 0 Å². The molecule has 1 saturated heterocycles. The Morgan fingerprint density at radius 1 is 1.23 bits per heavy atom. The summed E-state index contributed by atoms with van der Waals surface area (Å²) in [4.78, 5) is 17.3. The molecule has 2 atom stereocenters. The zero-order valence-corrected chi connectivity index (χ0v) is 12.4. The summed E-state index contributed by atoms with van der Waals surface area (Å²) < 4.78 is 7.64. The number of carbonyl (C=O) groups is 1. The van der Waals surface area contributed by atoms with Crippen LogP contribution in [0.15, 0.2) is 36.8 Å². The van der Waals surface area contributed by atoms with E-state index in [4.69, 9.17) is 4.74 Å². The summed E-state index contributed by atoms with van der Waals surface area (Å²) >= 11 is 0. The Labute approximate surface area is 129 Å². The van der Waals surface area contributed by atoms with Crippen molar-refractivity contribution in [3.63, 3.8) is 0 Å². The van der Waals surface area contributed by atoms with E-state index in [1.165, 1.54) is 11.1 Å². The Bertz CT molecular complexity index is 758. The number of aromatic nitrogens is 2. The minimum absolute atomic E-state index is 0.0923. The normalized spacial score (nSPS) is 28.3. The van der Waals surface area contributed by atoms with Crippen LogP contribution in [0.4, 0.5) is 0 Å². The van der Waals surface area contributed by atoms with E-state index < -0.39 is 0 Å². The number of nitrogens with zero attached hydrogens (tertiary/aromatic N) is 2. The largest absolute Gasteiger partial charge is 0.381 e. The van der Waals surface area contributed by atoms with Gasteiger partial charge >= 0.3 is 0 Å². The van der Waals surface area contributed by atoms with E-state index in [9.17, 15) is 4.79 Å². The zero-order chi connectivity index (χ0) is 14.7. The van der Waals surface area contributed by atoms with Crippen molar-refractivity contribution in [2.75, 3.05) is 13.2 Å². The van der Waals surface area contributed by atoms with Gasteiger partial charge in [0.1, 0.15) is 5.78 Å². The highest BCUT2D eigenvalue weighted by Crippen LogP contribution is 2.56. The molecule has 1 spiro atoms. The van der Waals surface area contributed by atoms with Gasteiger partial charge in [-0.1, -0.05) is 24.3 Å². The predicted molar refractivity (Wildman–Crippen MR) is 81.4 cm³/mol. The maximum Gasteiger partial charge on any atom is 0.144 e. The summed E-state index contributed by atoms with van der Waals surface area (Å²) in [5.74, 6) is 0.534. The van der Waals surface area contributed by atoms with Crippen molar-refractivity contribution in [1.29, 1.82) is 0 Å². The van der Waals surface area contributed by atoms with Crippen molar-refractivity contribution < 1.29 is 9.53 Å². The fourth-order valence-electron chi connectivity index (χ4n) is 4.63. The first-order chi connectivity index (χ1) is 10.8. The lowest BCUT2D eigenvalue weighted by atomic mass is 9.54. The van der Waals surface area contributed by atoms with Crippen LogP contribution in [0.3, 0.4) is 0 Å². The lowest BCUT2D eigenvalue weighted by Gasteiger charge is -2.50. The molecular formula is C18H18N2O2. The highest BCUT2D eigenvalue weighted by atomic mass is 16.5. The van der Waals surface area contributed by atoms with Crippen molar-refractivity contribution >= 4 is 5.78 Å². The summed E-state index contributed by atoms with van der Waals surface area (Å²) in [6.07, 6.45) is 6.57. The van der Waals surface area contributed by atoms with Crippen LogP contribution < -0.4 is 0 Å². The molecule has 0 bridgehead atoms. The second kappa shape index (κ2) is 4.29. The fourth-order valence-corrected chi connectivity index (χ4v) is 4.63. The van der Waals surface area contributed by atoms with Gasteiger partial charge in [-0.05, 0) is 24.8 Å². The van der Waals surface area contributed by atoms with Crippen LogP contribution in [0.25, 0.3) is 11.3 Å². The molecule has 0 radical (unpaired) electrons. The molecule has 3 heterocycles. The molecule has 3 aliphatic rings. The van der Waals surface area contributed by atoms with Gasteiger partial charge in [-0.3, -0.25) is 4.79 Å². The molecule has 2 unspecified atom stereocenters. The van der Waals surface area contributed by atoms with Gasteiger partial charge in [-0.15, -0.1) is 0 Å². The Hall–Kier alpha value is -1.94. The highest BCUT2D eigenvalue weighted by molar-refractivity contribution is 5.94. The van der Waals surface area contributed by atoms with E-state index in [1.807, 2.05) is 12.5 Å². The topological polar surface area (TPSA) is 44.1 Å². The molecule has 22 heavy (non-hydrogen) atoms. The summed E-state index contributed by atoms with van der Waals surface area (Å²) in [6.45, 7) is 1.46. The minimum Gasteiger partial charge on any atom is -0.381 e. The maximum absolute atomic E-state index is 13.0. The third-order valence-electron chi connectivity index (χ3n) is 5.82. The molecular weight excluding hydrogens is 276 g/mol. The highest BCUT2D eigenvalue weighted by Gasteiger charge is 2.57. The SMILES string of the molecule is O=C1C(C2c3ccccc3-c3cncn32)CC12CCOCC2. The Morgan fingerprint density at radius 3 is 2.86 bits per heavy atom. The van der Waals surface area contributed by atoms with E-state index in [0.29, 0.717) is 5.78 Å². The monoisotopic (exact) mass is 294 g/mol. The first-order valence-electron chi connectivity index (χ1n) is 8.03. The molecule has 0 amide bonds. The number of benzene rings is 1. The number of imidazole rings is 1. The van der Waals surface area contributed by atoms with E-state index in [-0.39, 0.29) is 17.4 Å². The van der Waals surface area contributed by atoms with E-state index in [1.54, 1.807) is 0 Å². The minimum atomic E-state index is -0.0960. The quantitative estimate of drug-likeness (QED) is 0.812. The number of Topliss-reactive ketones (excluding diaryl/α,β-unsaturated/α-hetero) is 1. The van der Waals surface area contributed by atoms with E-state index in [2.05, 4.69) is 33.8 Å². The van der Waals surface area contributed by atoms with Crippen molar-refractivity contribution in [3.05, 3.63) is 42.4 Å². The van der Waals surface area contributed by atoms with Gasteiger partial charge in [-0.2, -0.15) is 0 Å². The number of rotatable bonds is 1. The number of fused-ring (bicyclic) bond motifs is 3. The zero-order valence-electron chi connectivity index (χ0n) is 12.4. The molecule has 1 saturated carbocycles. The number of hydrogen-bond donors (Lipinski definition) is 0. The molecule has 1 aromatic heterocycles. The van der Waals surface area contributed by atoms with Gasteiger partial charge in [0.15, 0.2) is 0 Å².